The summed E-state index contributed by atoms with van der Waals surface area (Å²) in [6.45, 7) is 2.03. The highest BCUT2D eigenvalue weighted by Crippen LogP contribution is 2.23. The third kappa shape index (κ3) is 4.27. The molecule has 30 heavy (non-hydrogen) atoms. The lowest BCUT2D eigenvalue weighted by molar-refractivity contribution is -0.385. The van der Waals surface area contributed by atoms with Gasteiger partial charge in [-0.15, -0.1) is 10.2 Å². The minimum atomic E-state index is -0.565. The largest absolute Gasteiger partial charge is 0.355 e. The summed E-state index contributed by atoms with van der Waals surface area (Å²) in [4.78, 5) is 25.2. The van der Waals surface area contributed by atoms with Gasteiger partial charge >= 0.3 is 0 Å². The molecule has 2 heterocycles. The van der Waals surface area contributed by atoms with E-state index in [1.165, 1.54) is 37.5 Å². The third-order valence-electron chi connectivity index (χ3n) is 5.11. The van der Waals surface area contributed by atoms with E-state index < -0.39 is 10.8 Å². The zero-order valence-corrected chi connectivity index (χ0v) is 16.3. The first-order chi connectivity index (χ1) is 14.6. The monoisotopic (exact) mass is 403 g/mol. The highest BCUT2D eigenvalue weighted by Gasteiger charge is 2.19. The molecule has 1 aliphatic heterocycles. The van der Waals surface area contributed by atoms with Crippen molar-refractivity contribution >= 4 is 23.1 Å². The highest BCUT2D eigenvalue weighted by atomic mass is 16.6. The summed E-state index contributed by atoms with van der Waals surface area (Å²) in [5.74, 6) is 0.368. The number of carbonyl (C=O) groups excluding carboxylic acids is 1. The van der Waals surface area contributed by atoms with Crippen LogP contribution >= 0.6 is 0 Å². The molecule has 1 aromatic heterocycles. The first-order valence-corrected chi connectivity index (χ1v) is 9.86. The summed E-state index contributed by atoms with van der Waals surface area (Å²) in [5.41, 5.74) is 1.95. The molecule has 2 aromatic carbocycles. The van der Waals surface area contributed by atoms with Crippen LogP contribution in [0, 0.1) is 10.1 Å². The number of carbonyl (C=O) groups is 1. The Morgan fingerprint density at radius 3 is 2.33 bits per heavy atom. The molecule has 8 heteroatoms. The van der Waals surface area contributed by atoms with Gasteiger partial charge in [0.2, 0.25) is 0 Å². The molecule has 1 saturated heterocycles. The Morgan fingerprint density at radius 2 is 1.67 bits per heavy atom. The first kappa shape index (κ1) is 19.5. The van der Waals surface area contributed by atoms with E-state index in [0.717, 1.165) is 30.2 Å². The second-order valence-electron chi connectivity index (χ2n) is 7.13. The van der Waals surface area contributed by atoms with Crippen LogP contribution in [0.15, 0.2) is 60.7 Å². The van der Waals surface area contributed by atoms with Crippen LogP contribution in [0.3, 0.4) is 0 Å². The van der Waals surface area contributed by atoms with E-state index in [2.05, 4.69) is 20.4 Å². The van der Waals surface area contributed by atoms with E-state index in [9.17, 15) is 14.9 Å². The molecule has 1 fully saturated rings. The fourth-order valence-corrected chi connectivity index (χ4v) is 3.52. The van der Waals surface area contributed by atoms with Gasteiger partial charge in [-0.3, -0.25) is 14.9 Å². The van der Waals surface area contributed by atoms with Gasteiger partial charge < -0.3 is 10.2 Å². The maximum Gasteiger partial charge on any atom is 0.282 e. The number of nitrogens with zero attached hydrogens (tertiary/aromatic N) is 4. The summed E-state index contributed by atoms with van der Waals surface area (Å²) in [5, 5.41) is 22.5. The van der Waals surface area contributed by atoms with Gasteiger partial charge in [-0.1, -0.05) is 24.3 Å². The highest BCUT2D eigenvalue weighted by molar-refractivity contribution is 6.07. The Bertz CT molecular complexity index is 1050. The summed E-state index contributed by atoms with van der Waals surface area (Å²) < 4.78 is 0. The Morgan fingerprint density at radius 1 is 0.933 bits per heavy atom. The standard InChI is InChI=1S/C22H21N5O3/c28-22(18-6-2-3-7-20(18)27(29)30)23-17-10-8-16(9-11-17)19-12-13-21(25-24-19)26-14-4-1-5-15-26/h2-3,6-13H,1,4-5,14-15H2,(H,23,28). The predicted octanol–water partition coefficient (Wildman–Crippen LogP) is 4.29. The first-order valence-electron chi connectivity index (χ1n) is 9.86. The number of para-hydroxylation sites is 1. The van der Waals surface area contributed by atoms with Gasteiger partial charge in [0.1, 0.15) is 5.56 Å². The Hall–Kier alpha value is -3.81. The van der Waals surface area contributed by atoms with Crippen molar-refractivity contribution in [2.45, 2.75) is 19.3 Å². The van der Waals surface area contributed by atoms with Crippen molar-refractivity contribution in [1.29, 1.82) is 0 Å². The van der Waals surface area contributed by atoms with Crippen molar-refractivity contribution in [2.24, 2.45) is 0 Å². The molecule has 0 aliphatic carbocycles. The maximum atomic E-state index is 12.4. The molecule has 152 valence electrons. The number of nitrogens with one attached hydrogen (secondary N) is 1. The summed E-state index contributed by atoms with van der Waals surface area (Å²) >= 11 is 0. The average Bonchev–Trinajstić information content (AvgIpc) is 2.80. The maximum absolute atomic E-state index is 12.4. The lowest BCUT2D eigenvalue weighted by Gasteiger charge is -2.27. The Balaban J connectivity index is 1.45. The van der Waals surface area contributed by atoms with E-state index >= 15 is 0 Å². The number of nitro benzene ring substituents is 1. The van der Waals surface area contributed by atoms with Crippen molar-refractivity contribution in [2.75, 3.05) is 23.3 Å². The van der Waals surface area contributed by atoms with E-state index in [1.54, 1.807) is 18.2 Å². The minimum Gasteiger partial charge on any atom is -0.355 e. The van der Waals surface area contributed by atoms with Crippen LogP contribution in [-0.4, -0.2) is 34.1 Å². The predicted molar refractivity (Wildman–Crippen MR) is 115 cm³/mol. The second kappa shape index (κ2) is 8.69. The number of anilines is 2. The van der Waals surface area contributed by atoms with Gasteiger partial charge in [0.25, 0.3) is 11.6 Å². The fraction of sp³-hybridized carbons (Fsp3) is 0.227. The van der Waals surface area contributed by atoms with E-state index in [4.69, 9.17) is 0 Å². The van der Waals surface area contributed by atoms with Crippen LogP contribution in [0.25, 0.3) is 11.3 Å². The van der Waals surface area contributed by atoms with Crippen molar-refractivity contribution in [3.63, 3.8) is 0 Å². The van der Waals surface area contributed by atoms with Crippen molar-refractivity contribution in [3.05, 3.63) is 76.3 Å². The molecule has 0 bridgehead atoms. The lowest BCUT2D eigenvalue weighted by Crippen LogP contribution is -2.30. The van der Waals surface area contributed by atoms with Gasteiger partial charge in [0.15, 0.2) is 5.82 Å². The van der Waals surface area contributed by atoms with Crippen LogP contribution in [-0.2, 0) is 0 Å². The van der Waals surface area contributed by atoms with Gasteiger partial charge in [-0.05, 0) is 49.6 Å². The molecular weight excluding hydrogens is 382 g/mol. The minimum absolute atomic E-state index is 0.0192. The van der Waals surface area contributed by atoms with Gasteiger partial charge in [-0.2, -0.15) is 0 Å². The third-order valence-corrected chi connectivity index (χ3v) is 5.11. The Kier molecular flexibility index (Phi) is 5.65. The number of benzene rings is 2. The number of nitro groups is 1. The quantitative estimate of drug-likeness (QED) is 0.504. The molecule has 0 unspecified atom stereocenters. The molecule has 0 saturated carbocycles. The number of amides is 1. The van der Waals surface area contributed by atoms with E-state index in [1.807, 2.05) is 24.3 Å². The molecule has 8 nitrogen and oxygen atoms in total. The van der Waals surface area contributed by atoms with Crippen molar-refractivity contribution < 1.29 is 9.72 Å². The number of hydrogen-bond acceptors (Lipinski definition) is 6. The molecule has 1 N–H and O–H groups in total. The molecule has 3 aromatic rings. The lowest BCUT2D eigenvalue weighted by atomic mass is 10.1. The second-order valence-corrected chi connectivity index (χ2v) is 7.13. The molecular formula is C22H21N5O3. The van der Waals surface area contributed by atoms with Crippen molar-refractivity contribution in [1.82, 2.24) is 10.2 Å². The zero-order chi connectivity index (χ0) is 20.9. The van der Waals surface area contributed by atoms with Crippen molar-refractivity contribution in [3.8, 4) is 11.3 Å². The molecule has 0 atom stereocenters. The molecule has 4 rings (SSSR count). The number of aromatic nitrogens is 2. The number of piperidine rings is 1. The van der Waals surface area contributed by atoms with E-state index in [-0.39, 0.29) is 11.3 Å². The smallest absolute Gasteiger partial charge is 0.282 e. The zero-order valence-electron chi connectivity index (χ0n) is 16.3. The number of rotatable bonds is 5. The molecule has 1 aliphatic rings. The topological polar surface area (TPSA) is 101 Å². The average molecular weight is 403 g/mol. The van der Waals surface area contributed by atoms with Gasteiger partial charge in [0, 0.05) is 30.4 Å². The summed E-state index contributed by atoms with van der Waals surface area (Å²) in [6.07, 6.45) is 3.63. The van der Waals surface area contributed by atoms with Crippen LogP contribution in [0.5, 0.6) is 0 Å². The fourth-order valence-electron chi connectivity index (χ4n) is 3.52. The van der Waals surface area contributed by atoms with Gasteiger partial charge in [0.05, 0.1) is 10.6 Å². The SMILES string of the molecule is O=C(Nc1ccc(-c2ccc(N3CCCCC3)nn2)cc1)c1ccccc1[N+](=O)[O-]. The molecule has 0 spiro atoms. The molecule has 1 amide bonds. The van der Waals surface area contributed by atoms with Crippen LogP contribution in [0.4, 0.5) is 17.2 Å². The normalized spacial score (nSPS) is 13.7. The Labute approximate surface area is 173 Å². The summed E-state index contributed by atoms with van der Waals surface area (Å²) in [6, 6.07) is 16.9. The van der Waals surface area contributed by atoms with Gasteiger partial charge in [-0.25, -0.2) is 0 Å². The van der Waals surface area contributed by atoms with Crippen LogP contribution in [0.1, 0.15) is 29.6 Å². The van der Waals surface area contributed by atoms with Crippen LogP contribution in [0.2, 0.25) is 0 Å². The number of hydrogen-bond donors (Lipinski definition) is 1. The molecule has 0 radical (unpaired) electrons. The van der Waals surface area contributed by atoms with E-state index in [0.29, 0.717) is 5.69 Å². The van der Waals surface area contributed by atoms with Crippen LogP contribution < -0.4 is 10.2 Å². The summed E-state index contributed by atoms with van der Waals surface area (Å²) in [7, 11) is 0.